The summed E-state index contributed by atoms with van der Waals surface area (Å²) in [6, 6.07) is 12.7. The minimum atomic E-state index is 0.798. The van der Waals surface area contributed by atoms with E-state index in [-0.39, 0.29) is 0 Å². The number of nitrogens with one attached hydrogen (secondary N) is 1. The van der Waals surface area contributed by atoms with E-state index in [1.807, 2.05) is 0 Å². The Morgan fingerprint density at radius 3 is 2.47 bits per heavy atom. The van der Waals surface area contributed by atoms with E-state index in [2.05, 4.69) is 42.6 Å². The minimum Gasteiger partial charge on any atom is -0.311 e. The Hall–Kier alpha value is -0.820. The molecule has 2 aliphatic rings. The number of benzene rings is 1. The maximum atomic E-state index is 3.90. The van der Waals surface area contributed by atoms with E-state index >= 15 is 0 Å². The lowest BCUT2D eigenvalue weighted by molar-refractivity contribution is 0.335. The largest absolute Gasteiger partial charge is 0.311 e. The molecule has 2 saturated carbocycles. The molecule has 0 amide bonds. The highest BCUT2D eigenvalue weighted by Crippen LogP contribution is 2.38. The summed E-state index contributed by atoms with van der Waals surface area (Å²) in [4.78, 5) is 0. The van der Waals surface area contributed by atoms with Crippen LogP contribution in [0.25, 0.3) is 0 Å². The van der Waals surface area contributed by atoms with Gasteiger partial charge >= 0.3 is 0 Å². The molecule has 0 heterocycles. The fourth-order valence-electron chi connectivity index (χ4n) is 3.76. The second-order valence-corrected chi connectivity index (χ2v) is 6.52. The van der Waals surface area contributed by atoms with Crippen LogP contribution in [-0.4, -0.2) is 12.1 Å². The second kappa shape index (κ2) is 6.09. The minimum absolute atomic E-state index is 0.798. The zero-order valence-corrected chi connectivity index (χ0v) is 12.1. The molecule has 2 atom stereocenters. The highest BCUT2D eigenvalue weighted by Gasteiger charge is 2.37. The van der Waals surface area contributed by atoms with Crippen molar-refractivity contribution in [2.75, 3.05) is 0 Å². The number of rotatable bonds is 5. The van der Waals surface area contributed by atoms with E-state index in [9.17, 15) is 0 Å². The van der Waals surface area contributed by atoms with Gasteiger partial charge in [0, 0.05) is 12.1 Å². The summed E-state index contributed by atoms with van der Waals surface area (Å²) in [7, 11) is 0. The first-order valence-corrected chi connectivity index (χ1v) is 8.17. The molecule has 1 aromatic rings. The van der Waals surface area contributed by atoms with Crippen LogP contribution in [0.2, 0.25) is 0 Å². The third-order valence-corrected chi connectivity index (χ3v) is 5.03. The molecule has 19 heavy (non-hydrogen) atoms. The van der Waals surface area contributed by atoms with Crippen LogP contribution in [0, 0.1) is 5.92 Å². The van der Waals surface area contributed by atoms with Gasteiger partial charge in [-0.2, -0.15) is 0 Å². The molecule has 2 aliphatic carbocycles. The molecule has 1 heteroatoms. The van der Waals surface area contributed by atoms with Crippen molar-refractivity contribution in [1.82, 2.24) is 5.32 Å². The number of hydrogen-bond acceptors (Lipinski definition) is 1. The van der Waals surface area contributed by atoms with Gasteiger partial charge in [-0.15, -0.1) is 0 Å². The van der Waals surface area contributed by atoms with Gasteiger partial charge in [0.1, 0.15) is 0 Å². The molecule has 2 fully saturated rings. The van der Waals surface area contributed by atoms with Gasteiger partial charge in [0.25, 0.3) is 0 Å². The Kier molecular flexibility index (Phi) is 4.22. The molecular weight excluding hydrogens is 230 g/mol. The van der Waals surface area contributed by atoms with Crippen molar-refractivity contribution >= 4 is 0 Å². The van der Waals surface area contributed by atoms with Gasteiger partial charge in [0.05, 0.1) is 0 Å². The Bertz CT molecular complexity index is 378. The van der Waals surface area contributed by atoms with Crippen LogP contribution in [0.5, 0.6) is 0 Å². The first-order valence-electron chi connectivity index (χ1n) is 8.17. The zero-order chi connectivity index (χ0) is 13.1. The Morgan fingerprint density at radius 2 is 1.79 bits per heavy atom. The average Bonchev–Trinajstić information content (AvgIpc) is 3.19. The van der Waals surface area contributed by atoms with Gasteiger partial charge in [-0.25, -0.2) is 0 Å². The van der Waals surface area contributed by atoms with Crippen molar-refractivity contribution in [3.8, 4) is 0 Å². The van der Waals surface area contributed by atoms with Crippen molar-refractivity contribution in [3.05, 3.63) is 35.9 Å². The van der Waals surface area contributed by atoms with Crippen molar-refractivity contribution in [2.45, 2.75) is 69.9 Å². The van der Waals surface area contributed by atoms with E-state index < -0.39 is 0 Å². The van der Waals surface area contributed by atoms with Crippen molar-refractivity contribution in [3.63, 3.8) is 0 Å². The Morgan fingerprint density at radius 1 is 1.05 bits per heavy atom. The molecule has 0 saturated heterocycles. The van der Waals surface area contributed by atoms with Crippen LogP contribution < -0.4 is 5.32 Å². The van der Waals surface area contributed by atoms with Gasteiger partial charge in [-0.1, -0.05) is 43.7 Å². The average molecular weight is 257 g/mol. The summed E-state index contributed by atoms with van der Waals surface area (Å²) >= 11 is 0. The maximum absolute atomic E-state index is 3.90. The smallest absolute Gasteiger partial charge is 0.0102 e. The summed E-state index contributed by atoms with van der Waals surface area (Å²) in [5.74, 6) is 1.81. The summed E-state index contributed by atoms with van der Waals surface area (Å²) in [5.41, 5.74) is 1.55. The van der Waals surface area contributed by atoms with Gasteiger partial charge in [-0.3, -0.25) is 0 Å². The van der Waals surface area contributed by atoms with Crippen molar-refractivity contribution in [2.24, 2.45) is 5.92 Å². The van der Waals surface area contributed by atoms with E-state index in [0.717, 1.165) is 23.9 Å². The molecule has 104 valence electrons. The first-order chi connectivity index (χ1) is 9.36. The third-order valence-electron chi connectivity index (χ3n) is 5.03. The van der Waals surface area contributed by atoms with E-state index in [1.54, 1.807) is 5.56 Å². The highest BCUT2D eigenvalue weighted by atomic mass is 15.0. The molecule has 1 N–H and O–H groups in total. The molecule has 0 aliphatic heterocycles. The van der Waals surface area contributed by atoms with Crippen LogP contribution >= 0.6 is 0 Å². The Labute approximate surface area is 117 Å². The first kappa shape index (κ1) is 13.2. The summed E-state index contributed by atoms with van der Waals surface area (Å²) in [5, 5.41) is 3.90. The second-order valence-electron chi connectivity index (χ2n) is 6.52. The summed E-state index contributed by atoms with van der Waals surface area (Å²) in [6.07, 6.45) is 9.69. The molecule has 3 rings (SSSR count). The van der Waals surface area contributed by atoms with Gasteiger partial charge in [0.15, 0.2) is 0 Å². The molecule has 1 nitrogen and oxygen atoms in total. The SMILES string of the molecule is CCCC1CC1NC1CCC(c2ccccc2)CC1. The van der Waals surface area contributed by atoms with Crippen LogP contribution in [0.1, 0.15) is 63.4 Å². The lowest BCUT2D eigenvalue weighted by atomic mass is 9.82. The number of hydrogen-bond donors (Lipinski definition) is 1. The topological polar surface area (TPSA) is 12.0 Å². The van der Waals surface area contributed by atoms with Gasteiger partial charge in [0.2, 0.25) is 0 Å². The quantitative estimate of drug-likeness (QED) is 0.819. The molecule has 0 spiro atoms. The third kappa shape index (κ3) is 3.39. The van der Waals surface area contributed by atoms with Crippen molar-refractivity contribution in [1.29, 1.82) is 0 Å². The van der Waals surface area contributed by atoms with Crippen molar-refractivity contribution < 1.29 is 0 Å². The lowest BCUT2D eigenvalue weighted by Gasteiger charge is -2.29. The summed E-state index contributed by atoms with van der Waals surface area (Å²) in [6.45, 7) is 2.31. The Balaban J connectivity index is 1.43. The molecule has 0 bridgehead atoms. The normalized spacial score (nSPS) is 34.2. The van der Waals surface area contributed by atoms with Gasteiger partial charge < -0.3 is 5.32 Å². The summed E-state index contributed by atoms with van der Waals surface area (Å²) < 4.78 is 0. The fraction of sp³-hybridized carbons (Fsp3) is 0.667. The van der Waals surface area contributed by atoms with Gasteiger partial charge in [-0.05, 0) is 55.9 Å². The predicted octanol–water partition coefficient (Wildman–Crippen LogP) is 4.49. The highest BCUT2D eigenvalue weighted by molar-refractivity contribution is 5.20. The maximum Gasteiger partial charge on any atom is 0.0102 e. The molecule has 0 aromatic heterocycles. The van der Waals surface area contributed by atoms with Crippen LogP contribution in [-0.2, 0) is 0 Å². The van der Waals surface area contributed by atoms with E-state index in [4.69, 9.17) is 0 Å². The van der Waals surface area contributed by atoms with Crippen LogP contribution in [0.4, 0.5) is 0 Å². The predicted molar refractivity (Wildman–Crippen MR) is 81.4 cm³/mol. The molecule has 2 unspecified atom stereocenters. The van der Waals surface area contributed by atoms with E-state index in [1.165, 1.54) is 44.9 Å². The fourth-order valence-corrected chi connectivity index (χ4v) is 3.76. The monoisotopic (exact) mass is 257 g/mol. The van der Waals surface area contributed by atoms with E-state index in [0.29, 0.717) is 0 Å². The molecular formula is C18H27N. The standard InChI is InChI=1S/C18H27N/c1-2-6-16-13-18(16)19-17-11-9-15(10-12-17)14-7-4-3-5-8-14/h3-5,7-8,15-19H,2,6,9-13H2,1H3. The van der Waals surface area contributed by atoms with Crippen LogP contribution in [0.15, 0.2) is 30.3 Å². The zero-order valence-electron chi connectivity index (χ0n) is 12.1. The molecule has 0 radical (unpaired) electrons. The molecule has 1 aromatic carbocycles. The lowest BCUT2D eigenvalue weighted by Crippen LogP contribution is -2.35. The van der Waals surface area contributed by atoms with Crippen LogP contribution in [0.3, 0.4) is 0 Å².